The summed E-state index contributed by atoms with van der Waals surface area (Å²) < 4.78 is 15.2. The molecule has 1 aliphatic rings. The van der Waals surface area contributed by atoms with Crippen molar-refractivity contribution in [3.63, 3.8) is 0 Å². The standard InChI is InChI=1S/C19H24FN3OS/c1-13-14(2)23(17-5-3-4-6-17)19(22-13)25-12-18(24)21-11-15-7-9-16(20)10-8-15/h7-10,17H,3-6,11-12H2,1-2H3,(H,21,24). The molecule has 2 aromatic rings. The summed E-state index contributed by atoms with van der Waals surface area (Å²) >= 11 is 1.49. The summed E-state index contributed by atoms with van der Waals surface area (Å²) in [6, 6.07) is 6.69. The van der Waals surface area contributed by atoms with Gasteiger partial charge in [0.05, 0.1) is 11.4 Å². The van der Waals surface area contributed by atoms with Crippen molar-refractivity contribution in [3.05, 3.63) is 47.0 Å². The number of aromatic nitrogens is 2. The molecule has 6 heteroatoms. The molecule has 0 spiro atoms. The second-order valence-corrected chi connectivity index (χ2v) is 7.51. The van der Waals surface area contributed by atoms with E-state index in [4.69, 9.17) is 0 Å². The lowest BCUT2D eigenvalue weighted by molar-refractivity contribution is -0.118. The number of hydrogen-bond acceptors (Lipinski definition) is 3. The van der Waals surface area contributed by atoms with Crippen LogP contribution in [0, 0.1) is 19.7 Å². The van der Waals surface area contributed by atoms with E-state index in [9.17, 15) is 9.18 Å². The van der Waals surface area contributed by atoms with Crippen molar-refractivity contribution in [1.82, 2.24) is 14.9 Å². The molecule has 1 aromatic heterocycles. The van der Waals surface area contributed by atoms with Crippen LogP contribution in [0.2, 0.25) is 0 Å². The fourth-order valence-corrected chi connectivity index (χ4v) is 4.26. The molecule has 25 heavy (non-hydrogen) atoms. The van der Waals surface area contributed by atoms with Gasteiger partial charge >= 0.3 is 0 Å². The van der Waals surface area contributed by atoms with Gasteiger partial charge in [-0.2, -0.15) is 0 Å². The summed E-state index contributed by atoms with van der Waals surface area (Å²) in [5, 5.41) is 3.82. The van der Waals surface area contributed by atoms with Crippen LogP contribution in [0.1, 0.15) is 48.7 Å². The number of thioether (sulfide) groups is 1. The topological polar surface area (TPSA) is 46.9 Å². The lowest BCUT2D eigenvalue weighted by Crippen LogP contribution is -2.24. The SMILES string of the molecule is Cc1nc(SCC(=O)NCc2ccc(F)cc2)n(C2CCCC2)c1C. The third-order valence-corrected chi connectivity index (χ3v) is 5.73. The Morgan fingerprint density at radius 3 is 2.64 bits per heavy atom. The number of rotatable bonds is 6. The molecule has 0 saturated heterocycles. The first-order valence-corrected chi connectivity index (χ1v) is 9.72. The maximum Gasteiger partial charge on any atom is 0.230 e. The molecule has 0 bridgehead atoms. The average molecular weight is 361 g/mol. The van der Waals surface area contributed by atoms with Gasteiger partial charge < -0.3 is 9.88 Å². The van der Waals surface area contributed by atoms with Gasteiger partial charge in [-0.25, -0.2) is 9.37 Å². The third kappa shape index (κ3) is 4.42. The molecule has 1 saturated carbocycles. The molecule has 0 radical (unpaired) electrons. The van der Waals surface area contributed by atoms with Crippen LogP contribution in [0.5, 0.6) is 0 Å². The Bertz CT molecular complexity index is 736. The molecule has 0 atom stereocenters. The molecule has 0 aliphatic heterocycles. The number of nitrogens with one attached hydrogen (secondary N) is 1. The van der Waals surface area contributed by atoms with E-state index in [0.29, 0.717) is 18.3 Å². The van der Waals surface area contributed by atoms with Crippen molar-refractivity contribution >= 4 is 17.7 Å². The summed E-state index contributed by atoms with van der Waals surface area (Å²) in [6.07, 6.45) is 4.93. The highest BCUT2D eigenvalue weighted by Gasteiger charge is 2.23. The number of carbonyl (C=O) groups is 1. The van der Waals surface area contributed by atoms with Crippen LogP contribution in [0.15, 0.2) is 29.4 Å². The molecule has 4 nitrogen and oxygen atoms in total. The van der Waals surface area contributed by atoms with E-state index in [-0.39, 0.29) is 11.7 Å². The first-order chi connectivity index (χ1) is 12.0. The smallest absolute Gasteiger partial charge is 0.230 e. The highest BCUT2D eigenvalue weighted by atomic mass is 32.2. The first kappa shape index (κ1) is 18.0. The van der Waals surface area contributed by atoms with Crippen molar-refractivity contribution in [3.8, 4) is 0 Å². The quantitative estimate of drug-likeness (QED) is 0.786. The van der Waals surface area contributed by atoms with Crippen LogP contribution in [0.3, 0.4) is 0 Å². The number of hydrogen-bond donors (Lipinski definition) is 1. The number of benzene rings is 1. The number of nitrogens with zero attached hydrogens (tertiary/aromatic N) is 2. The summed E-state index contributed by atoms with van der Waals surface area (Å²) in [7, 11) is 0. The minimum Gasteiger partial charge on any atom is -0.351 e. The number of carbonyl (C=O) groups excluding carboxylic acids is 1. The number of halogens is 1. The Balaban J connectivity index is 1.56. The minimum atomic E-state index is -0.268. The van der Waals surface area contributed by atoms with Crippen LogP contribution < -0.4 is 5.32 Å². The van der Waals surface area contributed by atoms with Crippen LogP contribution in [-0.2, 0) is 11.3 Å². The maximum atomic E-state index is 12.9. The van der Waals surface area contributed by atoms with Crippen molar-refractivity contribution in [2.45, 2.75) is 57.3 Å². The molecular formula is C19H24FN3OS. The van der Waals surface area contributed by atoms with Crippen molar-refractivity contribution in [2.75, 3.05) is 5.75 Å². The summed E-state index contributed by atoms with van der Waals surface area (Å²) in [6.45, 7) is 4.55. The highest BCUT2D eigenvalue weighted by molar-refractivity contribution is 7.99. The van der Waals surface area contributed by atoms with Gasteiger partial charge in [-0.3, -0.25) is 4.79 Å². The normalized spacial score (nSPS) is 14.8. The average Bonchev–Trinajstić information content (AvgIpc) is 3.21. The first-order valence-electron chi connectivity index (χ1n) is 8.74. The fourth-order valence-electron chi connectivity index (χ4n) is 3.27. The van der Waals surface area contributed by atoms with Crippen LogP contribution in [-0.4, -0.2) is 21.2 Å². The second kappa shape index (κ2) is 8.04. The van der Waals surface area contributed by atoms with E-state index in [2.05, 4.69) is 21.8 Å². The predicted octanol–water partition coefficient (Wildman–Crippen LogP) is 4.16. The summed E-state index contributed by atoms with van der Waals surface area (Å²) in [5.74, 6) is 0.0322. The summed E-state index contributed by atoms with van der Waals surface area (Å²) in [4.78, 5) is 16.8. The van der Waals surface area contributed by atoms with E-state index in [1.54, 1.807) is 12.1 Å². The zero-order chi connectivity index (χ0) is 17.8. The third-order valence-electron chi connectivity index (χ3n) is 4.78. The van der Waals surface area contributed by atoms with Gasteiger partial charge in [0, 0.05) is 18.3 Å². The Morgan fingerprint density at radius 2 is 1.96 bits per heavy atom. The van der Waals surface area contributed by atoms with E-state index in [1.807, 2.05) is 6.92 Å². The van der Waals surface area contributed by atoms with Gasteiger partial charge in [0.1, 0.15) is 5.82 Å². The van der Waals surface area contributed by atoms with Crippen molar-refractivity contribution < 1.29 is 9.18 Å². The van der Waals surface area contributed by atoms with Crippen LogP contribution in [0.25, 0.3) is 0 Å². The van der Waals surface area contributed by atoms with Gasteiger partial charge in [-0.1, -0.05) is 36.7 Å². The zero-order valence-electron chi connectivity index (χ0n) is 14.7. The number of imidazole rings is 1. The Hall–Kier alpha value is -1.82. The van der Waals surface area contributed by atoms with E-state index < -0.39 is 0 Å². The predicted molar refractivity (Wildman–Crippen MR) is 98.2 cm³/mol. The fraction of sp³-hybridized carbons (Fsp3) is 0.474. The minimum absolute atomic E-state index is 0.0365. The highest BCUT2D eigenvalue weighted by Crippen LogP contribution is 2.35. The molecule has 1 aliphatic carbocycles. The maximum absolute atomic E-state index is 12.9. The van der Waals surface area contributed by atoms with Gasteiger partial charge in [0.15, 0.2) is 5.16 Å². The lowest BCUT2D eigenvalue weighted by atomic mass is 10.2. The van der Waals surface area contributed by atoms with Gasteiger partial charge in [-0.05, 0) is 44.4 Å². The Labute approximate surface area is 152 Å². The van der Waals surface area contributed by atoms with E-state index in [0.717, 1.165) is 16.4 Å². The van der Waals surface area contributed by atoms with Gasteiger partial charge in [0.25, 0.3) is 0 Å². The Morgan fingerprint density at radius 1 is 1.28 bits per heavy atom. The lowest BCUT2D eigenvalue weighted by Gasteiger charge is -2.16. The Kier molecular flexibility index (Phi) is 5.78. The molecule has 134 valence electrons. The zero-order valence-corrected chi connectivity index (χ0v) is 15.5. The molecule has 3 rings (SSSR count). The molecule has 1 amide bonds. The second-order valence-electron chi connectivity index (χ2n) is 6.57. The van der Waals surface area contributed by atoms with Crippen LogP contribution >= 0.6 is 11.8 Å². The molecule has 1 heterocycles. The number of amides is 1. The monoisotopic (exact) mass is 361 g/mol. The molecular weight excluding hydrogens is 337 g/mol. The molecule has 1 N–H and O–H groups in total. The largest absolute Gasteiger partial charge is 0.351 e. The van der Waals surface area contributed by atoms with Gasteiger partial charge in [-0.15, -0.1) is 0 Å². The van der Waals surface area contributed by atoms with E-state index >= 15 is 0 Å². The van der Waals surface area contributed by atoms with Crippen LogP contribution in [0.4, 0.5) is 4.39 Å². The van der Waals surface area contributed by atoms with Crippen molar-refractivity contribution in [2.24, 2.45) is 0 Å². The van der Waals surface area contributed by atoms with Gasteiger partial charge in [0.2, 0.25) is 5.91 Å². The molecule has 1 aromatic carbocycles. The number of aryl methyl sites for hydroxylation is 1. The molecule has 0 unspecified atom stereocenters. The van der Waals surface area contributed by atoms with Crippen molar-refractivity contribution in [1.29, 1.82) is 0 Å². The summed E-state index contributed by atoms with van der Waals surface area (Å²) in [5.41, 5.74) is 3.14. The molecule has 1 fully saturated rings. The van der Waals surface area contributed by atoms with E-state index in [1.165, 1.54) is 55.3 Å².